The fourth-order valence-corrected chi connectivity index (χ4v) is 3.06. The molecule has 2 aromatic rings. The van der Waals surface area contributed by atoms with E-state index in [0.717, 1.165) is 51.6 Å². The van der Waals surface area contributed by atoms with Gasteiger partial charge in [0, 0.05) is 51.0 Å². The molecule has 0 aromatic carbocycles. The van der Waals surface area contributed by atoms with Gasteiger partial charge in [-0.25, -0.2) is 14.4 Å². The smallest absolute Gasteiger partial charge is 0.475 e. The van der Waals surface area contributed by atoms with Gasteiger partial charge < -0.3 is 25.0 Å². The number of ether oxygens (including phenoxy) is 1. The first-order valence-corrected chi connectivity index (χ1v) is 12.3. The summed E-state index contributed by atoms with van der Waals surface area (Å²) in [6.07, 6.45) is -11.5. The Bertz CT molecular complexity index is 1120. The van der Waals surface area contributed by atoms with E-state index >= 15 is 0 Å². The molecule has 1 unspecified atom stereocenters. The molecule has 1 atom stereocenters. The molecule has 0 fully saturated rings. The Balaban J connectivity index is 0.000000753. The number of aromatic nitrogens is 3. The zero-order valence-corrected chi connectivity index (χ0v) is 23.6. The first kappa shape index (κ1) is 41.0. The number of carbonyl (C=O) groups is 3. The monoisotopic (exact) mass is 671 g/mol. The molecule has 3 heterocycles. The molecule has 0 aliphatic carbocycles. The van der Waals surface area contributed by atoms with Crippen LogP contribution in [0.15, 0.2) is 36.7 Å². The summed E-state index contributed by atoms with van der Waals surface area (Å²) in [5, 5.41) is 25.9. The maximum Gasteiger partial charge on any atom is 0.490 e. The summed E-state index contributed by atoms with van der Waals surface area (Å²) < 4.78 is 103. The minimum atomic E-state index is -5.08. The van der Waals surface area contributed by atoms with Crippen molar-refractivity contribution in [3.8, 4) is 0 Å². The van der Waals surface area contributed by atoms with E-state index in [4.69, 9.17) is 34.4 Å². The molecule has 256 valence electrons. The maximum atomic E-state index is 10.6. The van der Waals surface area contributed by atoms with Crippen LogP contribution in [-0.4, -0.2) is 117 Å². The van der Waals surface area contributed by atoms with Crippen LogP contribution in [-0.2, 0) is 38.8 Å². The fraction of sp³-hybridized carbons (Fsp3) is 0.542. The lowest BCUT2D eigenvalue weighted by molar-refractivity contribution is -0.193. The second-order valence-corrected chi connectivity index (χ2v) is 9.15. The number of pyridine rings is 1. The number of halogens is 9. The van der Waals surface area contributed by atoms with Crippen LogP contribution in [0, 0.1) is 5.92 Å². The van der Waals surface area contributed by atoms with Crippen molar-refractivity contribution < 1.29 is 74.0 Å². The summed E-state index contributed by atoms with van der Waals surface area (Å²) in [7, 11) is 4.14. The van der Waals surface area contributed by atoms with Crippen LogP contribution in [0.25, 0.3) is 0 Å². The summed E-state index contributed by atoms with van der Waals surface area (Å²) in [5.41, 5.74) is 2.37. The third-order valence-corrected chi connectivity index (χ3v) is 5.01. The molecule has 12 nitrogen and oxygen atoms in total. The van der Waals surface area contributed by atoms with Crippen LogP contribution in [0.5, 0.6) is 0 Å². The highest BCUT2D eigenvalue weighted by atomic mass is 19.4. The van der Waals surface area contributed by atoms with Gasteiger partial charge in [-0.15, -0.1) is 0 Å². The third-order valence-electron chi connectivity index (χ3n) is 5.01. The maximum absolute atomic E-state index is 10.6. The molecule has 1 aliphatic rings. The lowest BCUT2D eigenvalue weighted by atomic mass is 10.1. The van der Waals surface area contributed by atoms with Crippen LogP contribution >= 0.6 is 0 Å². The van der Waals surface area contributed by atoms with Crippen LogP contribution < -0.4 is 0 Å². The van der Waals surface area contributed by atoms with E-state index < -0.39 is 36.4 Å². The van der Waals surface area contributed by atoms with E-state index in [-0.39, 0.29) is 0 Å². The van der Waals surface area contributed by atoms with E-state index in [2.05, 4.69) is 50.8 Å². The highest BCUT2D eigenvalue weighted by Gasteiger charge is 2.39. The Labute approximate surface area is 249 Å². The number of carboxylic acids is 3. The highest BCUT2D eigenvalue weighted by molar-refractivity contribution is 5.73. The first-order chi connectivity index (χ1) is 20.5. The molecular weight excluding hydrogens is 641 g/mol. The van der Waals surface area contributed by atoms with Crippen LogP contribution in [0.4, 0.5) is 39.5 Å². The second-order valence-electron chi connectivity index (χ2n) is 9.15. The molecule has 0 radical (unpaired) electrons. The molecule has 0 amide bonds. The van der Waals surface area contributed by atoms with E-state index in [1.165, 1.54) is 5.69 Å². The van der Waals surface area contributed by atoms with Gasteiger partial charge in [0.2, 0.25) is 0 Å². The van der Waals surface area contributed by atoms with Crippen molar-refractivity contribution in [2.75, 3.05) is 40.4 Å². The van der Waals surface area contributed by atoms with Crippen molar-refractivity contribution in [2.24, 2.45) is 5.92 Å². The number of hydrogen-bond donors (Lipinski definition) is 3. The Kier molecular flexibility index (Phi) is 17.1. The molecule has 0 saturated carbocycles. The molecule has 0 bridgehead atoms. The lowest BCUT2D eigenvalue weighted by Gasteiger charge is -2.23. The van der Waals surface area contributed by atoms with E-state index in [1.807, 2.05) is 24.5 Å². The summed E-state index contributed by atoms with van der Waals surface area (Å²) in [4.78, 5) is 35.7. The third kappa shape index (κ3) is 19.1. The molecule has 21 heteroatoms. The summed E-state index contributed by atoms with van der Waals surface area (Å²) in [5.74, 6) is -7.83. The molecule has 3 rings (SSSR count). The summed E-state index contributed by atoms with van der Waals surface area (Å²) in [6, 6.07) is 8.21. The van der Waals surface area contributed by atoms with Crippen molar-refractivity contribution in [1.29, 1.82) is 0 Å². The van der Waals surface area contributed by atoms with Gasteiger partial charge in [0.15, 0.2) is 0 Å². The zero-order chi connectivity index (χ0) is 35.0. The quantitative estimate of drug-likeness (QED) is 0.293. The molecule has 3 N–H and O–H groups in total. The van der Waals surface area contributed by atoms with Gasteiger partial charge in [-0.3, -0.25) is 14.6 Å². The number of alkyl halides is 9. The van der Waals surface area contributed by atoms with Crippen molar-refractivity contribution in [2.45, 2.75) is 38.2 Å². The Hall–Kier alpha value is -3.98. The Morgan fingerprint density at radius 1 is 0.867 bits per heavy atom. The number of nitrogens with zero attached hydrogens (tertiary/aromatic N) is 5. The number of fused-ring (bicyclic) bond motifs is 1. The SMILES string of the molecule is CN(C)CCOCC1CN(Cc2ccccn2)Cc2ccnn2C1.O=C(O)C(F)(F)F.O=C(O)C(F)(F)F.O=C(O)C(F)(F)F. The van der Waals surface area contributed by atoms with Crippen LogP contribution in [0.3, 0.4) is 0 Å². The van der Waals surface area contributed by atoms with Gasteiger partial charge in [-0.2, -0.15) is 44.6 Å². The first-order valence-electron chi connectivity index (χ1n) is 12.3. The Morgan fingerprint density at radius 2 is 1.38 bits per heavy atom. The molecule has 2 aromatic heterocycles. The van der Waals surface area contributed by atoms with Crippen molar-refractivity contribution in [3.63, 3.8) is 0 Å². The predicted octanol–water partition coefficient (Wildman–Crippen LogP) is 3.39. The van der Waals surface area contributed by atoms with Gasteiger partial charge in [0.05, 0.1) is 24.6 Å². The highest BCUT2D eigenvalue weighted by Crippen LogP contribution is 2.18. The number of hydrogen-bond acceptors (Lipinski definition) is 8. The minimum Gasteiger partial charge on any atom is -0.475 e. The van der Waals surface area contributed by atoms with E-state index in [0.29, 0.717) is 5.92 Å². The van der Waals surface area contributed by atoms with Crippen LogP contribution in [0.2, 0.25) is 0 Å². The van der Waals surface area contributed by atoms with Gasteiger partial charge in [-0.1, -0.05) is 6.07 Å². The summed E-state index contributed by atoms with van der Waals surface area (Å²) in [6.45, 7) is 6.19. The average Bonchev–Trinajstić information content (AvgIpc) is 3.25. The lowest BCUT2D eigenvalue weighted by Crippen LogP contribution is -2.31. The topological polar surface area (TPSA) is 158 Å². The summed E-state index contributed by atoms with van der Waals surface area (Å²) >= 11 is 0. The number of likely N-dealkylation sites (N-methyl/N-ethyl adjacent to an activating group) is 1. The molecule has 45 heavy (non-hydrogen) atoms. The Morgan fingerprint density at radius 3 is 1.80 bits per heavy atom. The largest absolute Gasteiger partial charge is 0.490 e. The zero-order valence-electron chi connectivity index (χ0n) is 23.6. The van der Waals surface area contributed by atoms with E-state index in [1.54, 1.807) is 0 Å². The molecule has 0 saturated heterocycles. The fourth-order valence-electron chi connectivity index (χ4n) is 3.06. The van der Waals surface area contributed by atoms with Crippen LogP contribution in [0.1, 0.15) is 11.4 Å². The van der Waals surface area contributed by atoms with Gasteiger partial charge >= 0.3 is 36.4 Å². The average molecular weight is 672 g/mol. The standard InChI is InChI=1S/C18H27N5O.3C2HF3O2/c1-21(2)9-10-24-15-16-11-22(13-17-5-3-4-7-19-17)14-18-6-8-20-23(18)12-16;3*3-2(4,5)1(6)7/h3-8,16H,9-15H2,1-2H3;3*(H,6,7). The van der Waals surface area contributed by atoms with Crippen molar-refractivity contribution in [1.82, 2.24) is 24.6 Å². The van der Waals surface area contributed by atoms with Gasteiger partial charge in [-0.05, 0) is 32.3 Å². The predicted molar refractivity (Wildman–Crippen MR) is 135 cm³/mol. The normalized spacial score (nSPS) is 15.2. The van der Waals surface area contributed by atoms with Crippen molar-refractivity contribution in [3.05, 3.63) is 48.0 Å². The number of rotatable bonds is 7. The number of carboxylic acid groups (broad SMARTS) is 3. The minimum absolute atomic E-state index is 0.442. The second kappa shape index (κ2) is 18.7. The van der Waals surface area contributed by atoms with Gasteiger partial charge in [0.25, 0.3) is 0 Å². The van der Waals surface area contributed by atoms with Gasteiger partial charge in [0.1, 0.15) is 0 Å². The molecule has 1 aliphatic heterocycles. The molecule has 0 spiro atoms. The number of aliphatic carboxylic acids is 3. The molecular formula is C24H30F9N5O7. The van der Waals surface area contributed by atoms with E-state index in [9.17, 15) is 39.5 Å². The van der Waals surface area contributed by atoms with Crippen molar-refractivity contribution >= 4 is 17.9 Å².